The van der Waals surface area contributed by atoms with Gasteiger partial charge >= 0.3 is 0 Å². The van der Waals surface area contributed by atoms with Crippen LogP contribution in [0, 0.1) is 5.95 Å². The molecule has 0 unspecified atom stereocenters. The Morgan fingerprint density at radius 1 is 1.20 bits per heavy atom. The van der Waals surface area contributed by atoms with E-state index in [4.69, 9.17) is 16.3 Å². The molecule has 1 heterocycles. The zero-order chi connectivity index (χ0) is 10.7. The molecule has 76 valence electrons. The molecule has 2 aromatic rings. The second kappa shape index (κ2) is 4.28. The van der Waals surface area contributed by atoms with Gasteiger partial charge in [0.15, 0.2) is 0 Å². The molecule has 1 aromatic carbocycles. The van der Waals surface area contributed by atoms with Crippen LogP contribution in [-0.4, -0.2) is 4.98 Å². The normalized spacial score (nSPS) is 10.0. The summed E-state index contributed by atoms with van der Waals surface area (Å²) in [7, 11) is 0. The highest BCUT2D eigenvalue weighted by atomic mass is 35.5. The molecule has 0 bridgehead atoms. The molecule has 4 heteroatoms. The van der Waals surface area contributed by atoms with Crippen LogP contribution in [0.2, 0.25) is 5.02 Å². The molecule has 2 nitrogen and oxygen atoms in total. The minimum Gasteiger partial charge on any atom is -0.456 e. The maximum Gasteiger partial charge on any atom is 0.216 e. The van der Waals surface area contributed by atoms with Crippen LogP contribution < -0.4 is 4.74 Å². The first-order valence-corrected chi connectivity index (χ1v) is 4.67. The molecule has 0 atom stereocenters. The smallest absolute Gasteiger partial charge is 0.216 e. The first-order valence-electron chi connectivity index (χ1n) is 4.29. The van der Waals surface area contributed by atoms with Crippen molar-refractivity contribution in [1.29, 1.82) is 0 Å². The third-order valence-electron chi connectivity index (χ3n) is 1.76. The van der Waals surface area contributed by atoms with Crippen molar-refractivity contribution in [3.8, 4) is 11.5 Å². The summed E-state index contributed by atoms with van der Waals surface area (Å²) in [4.78, 5) is 3.42. The zero-order valence-electron chi connectivity index (χ0n) is 7.65. The van der Waals surface area contributed by atoms with Gasteiger partial charge in [-0.2, -0.15) is 4.39 Å². The van der Waals surface area contributed by atoms with Gasteiger partial charge in [0.05, 0.1) is 5.02 Å². The van der Waals surface area contributed by atoms with Crippen molar-refractivity contribution < 1.29 is 9.13 Å². The van der Waals surface area contributed by atoms with Gasteiger partial charge in [-0.25, -0.2) is 4.98 Å². The summed E-state index contributed by atoms with van der Waals surface area (Å²) in [5, 5.41) is 0.481. The Balaban J connectivity index is 2.26. The van der Waals surface area contributed by atoms with E-state index >= 15 is 0 Å². The fourth-order valence-electron chi connectivity index (χ4n) is 1.10. The van der Waals surface area contributed by atoms with Gasteiger partial charge in [-0.15, -0.1) is 0 Å². The Labute approximate surface area is 91.3 Å². The summed E-state index contributed by atoms with van der Waals surface area (Å²) in [6.45, 7) is 0. The molecule has 0 saturated carbocycles. The molecule has 0 fully saturated rings. The Kier molecular flexibility index (Phi) is 2.83. The molecule has 0 saturated heterocycles. The number of pyridine rings is 1. The number of halogens is 2. The van der Waals surface area contributed by atoms with Crippen LogP contribution in [0.25, 0.3) is 0 Å². The van der Waals surface area contributed by atoms with E-state index in [0.29, 0.717) is 16.5 Å². The van der Waals surface area contributed by atoms with E-state index in [-0.39, 0.29) is 0 Å². The molecule has 15 heavy (non-hydrogen) atoms. The summed E-state index contributed by atoms with van der Waals surface area (Å²) in [5.74, 6) is 0.278. The van der Waals surface area contributed by atoms with Gasteiger partial charge in [-0.05, 0) is 18.2 Å². The van der Waals surface area contributed by atoms with Crippen LogP contribution in [0.5, 0.6) is 11.5 Å². The molecule has 0 radical (unpaired) electrons. The summed E-state index contributed by atoms with van der Waals surface area (Å²) in [6.07, 6.45) is 1.33. The Hall–Kier alpha value is -1.61. The molecule has 0 amide bonds. The number of para-hydroxylation sites is 1. The minimum atomic E-state index is -0.584. The largest absolute Gasteiger partial charge is 0.456 e. The van der Waals surface area contributed by atoms with Crippen LogP contribution in [0.15, 0.2) is 42.6 Å². The van der Waals surface area contributed by atoms with Crippen molar-refractivity contribution in [3.05, 3.63) is 53.6 Å². The Morgan fingerprint density at radius 3 is 2.73 bits per heavy atom. The summed E-state index contributed by atoms with van der Waals surface area (Å²) in [5.41, 5.74) is 0. The van der Waals surface area contributed by atoms with Gasteiger partial charge in [0.2, 0.25) is 5.95 Å². The van der Waals surface area contributed by atoms with Crippen LogP contribution in [-0.2, 0) is 0 Å². The molecule has 0 aliphatic heterocycles. The predicted octanol–water partition coefficient (Wildman–Crippen LogP) is 3.67. The molecular weight excluding hydrogens is 217 g/mol. The van der Waals surface area contributed by atoms with Crippen molar-refractivity contribution in [1.82, 2.24) is 4.98 Å². The highest BCUT2D eigenvalue weighted by Gasteiger charge is 2.02. The first kappa shape index (κ1) is 9.93. The van der Waals surface area contributed by atoms with Crippen molar-refractivity contribution in [2.24, 2.45) is 0 Å². The lowest BCUT2D eigenvalue weighted by atomic mass is 10.3. The fourth-order valence-corrected chi connectivity index (χ4v) is 1.28. The van der Waals surface area contributed by atoms with E-state index in [1.165, 1.54) is 12.3 Å². The average molecular weight is 224 g/mol. The number of hydrogen-bond donors (Lipinski definition) is 0. The topological polar surface area (TPSA) is 22.1 Å². The van der Waals surface area contributed by atoms with E-state index in [2.05, 4.69) is 4.98 Å². The number of nitrogens with zero attached hydrogens (tertiary/aromatic N) is 1. The van der Waals surface area contributed by atoms with Gasteiger partial charge in [0, 0.05) is 12.3 Å². The quantitative estimate of drug-likeness (QED) is 0.725. The Morgan fingerprint density at radius 2 is 2.00 bits per heavy atom. The second-order valence-electron chi connectivity index (χ2n) is 2.85. The van der Waals surface area contributed by atoms with Crippen LogP contribution in [0.1, 0.15) is 0 Å². The van der Waals surface area contributed by atoms with Crippen molar-refractivity contribution >= 4 is 11.6 Å². The number of rotatable bonds is 2. The molecule has 1 aromatic heterocycles. The lowest BCUT2D eigenvalue weighted by Gasteiger charge is -2.06. The van der Waals surface area contributed by atoms with Crippen molar-refractivity contribution in [2.45, 2.75) is 0 Å². The molecule has 0 aliphatic rings. The van der Waals surface area contributed by atoms with E-state index < -0.39 is 5.95 Å². The lowest BCUT2D eigenvalue weighted by Crippen LogP contribution is -1.87. The monoisotopic (exact) mass is 223 g/mol. The molecule has 0 N–H and O–H groups in total. The fraction of sp³-hybridized carbons (Fsp3) is 0. The number of benzene rings is 1. The van der Waals surface area contributed by atoms with Gasteiger partial charge < -0.3 is 4.74 Å². The van der Waals surface area contributed by atoms with E-state index in [0.717, 1.165) is 0 Å². The number of hydrogen-bond acceptors (Lipinski definition) is 2. The molecule has 0 spiro atoms. The average Bonchev–Trinajstić information content (AvgIpc) is 2.22. The standard InChI is InChI=1S/C11H7ClFNO/c12-9-3-1-2-4-10(9)15-8-5-6-14-11(13)7-8/h1-7H. The number of aromatic nitrogens is 1. The summed E-state index contributed by atoms with van der Waals surface area (Å²) in [6, 6.07) is 9.76. The third-order valence-corrected chi connectivity index (χ3v) is 2.07. The molecular formula is C11H7ClFNO. The van der Waals surface area contributed by atoms with Crippen LogP contribution in [0.4, 0.5) is 4.39 Å². The van der Waals surface area contributed by atoms with Crippen molar-refractivity contribution in [3.63, 3.8) is 0 Å². The predicted molar refractivity (Wildman–Crippen MR) is 55.7 cm³/mol. The minimum absolute atomic E-state index is 0.371. The highest BCUT2D eigenvalue weighted by Crippen LogP contribution is 2.28. The van der Waals surface area contributed by atoms with E-state index in [1.807, 2.05) is 0 Å². The number of ether oxygens (including phenoxy) is 1. The van der Waals surface area contributed by atoms with Gasteiger partial charge in [0.25, 0.3) is 0 Å². The van der Waals surface area contributed by atoms with Gasteiger partial charge in [0.1, 0.15) is 11.5 Å². The van der Waals surface area contributed by atoms with E-state index in [1.54, 1.807) is 30.3 Å². The summed E-state index contributed by atoms with van der Waals surface area (Å²) >= 11 is 5.88. The van der Waals surface area contributed by atoms with Crippen LogP contribution >= 0.6 is 11.6 Å². The Bertz CT molecular complexity index is 476. The highest BCUT2D eigenvalue weighted by molar-refractivity contribution is 6.32. The van der Waals surface area contributed by atoms with Crippen molar-refractivity contribution in [2.75, 3.05) is 0 Å². The molecule has 0 aliphatic carbocycles. The van der Waals surface area contributed by atoms with E-state index in [9.17, 15) is 4.39 Å². The SMILES string of the molecule is Fc1cc(Oc2ccccc2Cl)ccn1. The molecule has 2 rings (SSSR count). The lowest BCUT2D eigenvalue weighted by molar-refractivity contribution is 0.472. The van der Waals surface area contributed by atoms with Gasteiger partial charge in [-0.1, -0.05) is 23.7 Å². The van der Waals surface area contributed by atoms with Crippen LogP contribution in [0.3, 0.4) is 0 Å². The summed E-state index contributed by atoms with van der Waals surface area (Å²) < 4.78 is 18.1. The maximum atomic E-state index is 12.7. The maximum absolute atomic E-state index is 12.7. The zero-order valence-corrected chi connectivity index (χ0v) is 8.41. The third kappa shape index (κ3) is 2.44. The second-order valence-corrected chi connectivity index (χ2v) is 3.25. The first-order chi connectivity index (χ1) is 7.25. The van der Waals surface area contributed by atoms with Gasteiger partial charge in [-0.3, -0.25) is 0 Å².